The van der Waals surface area contributed by atoms with Crippen LogP contribution in [0, 0.1) is 11.8 Å². The predicted octanol–water partition coefficient (Wildman–Crippen LogP) is 9.48. The van der Waals surface area contributed by atoms with Gasteiger partial charge < -0.3 is 24.1 Å². The van der Waals surface area contributed by atoms with Crippen LogP contribution in [-0.2, 0) is 23.8 Å². The summed E-state index contributed by atoms with van der Waals surface area (Å²) in [6, 6.07) is 9.56. The zero-order valence-corrected chi connectivity index (χ0v) is 30.1. The van der Waals surface area contributed by atoms with Gasteiger partial charge in [0.25, 0.3) is 0 Å². The Balaban J connectivity index is 1.60. The molecule has 0 spiro atoms. The molecule has 1 aromatic carbocycles. The number of benzene rings is 1. The third-order valence-corrected chi connectivity index (χ3v) is 8.96. The molecule has 7 heteroatoms. The van der Waals surface area contributed by atoms with Gasteiger partial charge in [0, 0.05) is 32.8 Å². The maximum atomic E-state index is 12.2. The van der Waals surface area contributed by atoms with Gasteiger partial charge in [-0.3, -0.25) is 9.59 Å². The van der Waals surface area contributed by atoms with Crippen molar-refractivity contribution >= 4 is 11.9 Å². The average Bonchev–Trinajstić information content (AvgIpc) is 3.37. The van der Waals surface area contributed by atoms with E-state index in [-0.39, 0.29) is 29.9 Å². The number of carbonyl (C=O) groups is 2. The van der Waals surface area contributed by atoms with Crippen LogP contribution in [-0.4, -0.2) is 55.7 Å². The minimum absolute atomic E-state index is 0.0960. The number of allylic oxidation sites excluding steroid dienone is 4. The summed E-state index contributed by atoms with van der Waals surface area (Å²) in [5.74, 6) is 0.0361. The predicted molar refractivity (Wildman–Crippen MR) is 194 cm³/mol. The van der Waals surface area contributed by atoms with E-state index in [0.29, 0.717) is 32.5 Å². The Morgan fingerprint density at radius 2 is 1.52 bits per heavy atom. The molecule has 2 rings (SSSR count). The zero-order chi connectivity index (χ0) is 34.7. The fraction of sp³-hybridized carbons (Fsp3) is 0.659. The van der Waals surface area contributed by atoms with Gasteiger partial charge in [0.05, 0.1) is 12.7 Å². The molecule has 0 unspecified atom stereocenters. The highest BCUT2D eigenvalue weighted by Gasteiger charge is 2.42. The lowest BCUT2D eigenvalue weighted by molar-refractivity contribution is -0.147. The van der Waals surface area contributed by atoms with Crippen LogP contribution in [0.15, 0.2) is 66.8 Å². The highest BCUT2D eigenvalue weighted by Crippen LogP contribution is 2.38. The number of esters is 2. The standard InChI is InChI=1S/C41H64O7/c1-4-5-6-7-8-9-10-11-12-13-14-15-18-24-31-46-41(44)28-23-17-16-22-27-37-38(40(32-39(37)43)48-34(2)42)30-29-36(45-3)33-47-35-25-20-19-21-26-35/h9-10,16,19-22,25-26,29-30,36-40,43H,4-8,11-15,17-18,23-24,27-28,31-33H2,1-3H3/b10-9+,22-16-,30-29+/t36-,37-,38-,39+,40-/m1/s1. The Morgan fingerprint density at radius 3 is 2.21 bits per heavy atom. The Kier molecular flexibility index (Phi) is 23.2. The summed E-state index contributed by atoms with van der Waals surface area (Å²) in [6.07, 6.45) is 29.2. The third-order valence-electron chi connectivity index (χ3n) is 8.96. The molecule has 1 saturated carbocycles. The normalized spacial score (nSPS) is 20.2. The van der Waals surface area contributed by atoms with Crippen LogP contribution in [0.5, 0.6) is 5.75 Å². The number of aliphatic hydroxyl groups is 1. The number of ether oxygens (including phenoxy) is 4. The first-order chi connectivity index (χ1) is 23.4. The van der Waals surface area contributed by atoms with Crippen LogP contribution in [0.2, 0.25) is 0 Å². The number of methoxy groups -OCH3 is 1. The van der Waals surface area contributed by atoms with Crippen molar-refractivity contribution in [1.29, 1.82) is 0 Å². The number of carbonyl (C=O) groups excluding carboxylic acids is 2. The van der Waals surface area contributed by atoms with E-state index < -0.39 is 12.2 Å². The summed E-state index contributed by atoms with van der Waals surface area (Å²) in [5, 5.41) is 10.8. The molecule has 0 radical (unpaired) electrons. The summed E-state index contributed by atoms with van der Waals surface area (Å²) < 4.78 is 22.5. The van der Waals surface area contributed by atoms with Crippen LogP contribution in [0.25, 0.3) is 0 Å². The number of aliphatic hydroxyl groups excluding tert-OH is 1. The van der Waals surface area contributed by atoms with E-state index in [4.69, 9.17) is 18.9 Å². The van der Waals surface area contributed by atoms with Crippen molar-refractivity contribution in [2.45, 2.75) is 141 Å². The molecule has 7 nitrogen and oxygen atoms in total. The number of hydrogen-bond donors (Lipinski definition) is 1. The van der Waals surface area contributed by atoms with E-state index in [0.717, 1.165) is 31.4 Å². The highest BCUT2D eigenvalue weighted by atomic mass is 16.5. The second-order valence-electron chi connectivity index (χ2n) is 13.0. The zero-order valence-electron chi connectivity index (χ0n) is 30.1. The number of hydrogen-bond acceptors (Lipinski definition) is 7. The van der Waals surface area contributed by atoms with E-state index in [1.54, 1.807) is 7.11 Å². The topological polar surface area (TPSA) is 91.3 Å². The van der Waals surface area contributed by atoms with Gasteiger partial charge in [0.15, 0.2) is 0 Å². The first kappa shape index (κ1) is 41.3. The summed E-state index contributed by atoms with van der Waals surface area (Å²) in [6.45, 7) is 4.50. The largest absolute Gasteiger partial charge is 0.491 e. The van der Waals surface area contributed by atoms with Gasteiger partial charge in [0.1, 0.15) is 24.6 Å². The van der Waals surface area contributed by atoms with Gasteiger partial charge in [-0.2, -0.15) is 0 Å². The smallest absolute Gasteiger partial charge is 0.305 e. The van der Waals surface area contributed by atoms with Gasteiger partial charge in [-0.1, -0.05) is 107 Å². The molecule has 48 heavy (non-hydrogen) atoms. The summed E-state index contributed by atoms with van der Waals surface area (Å²) in [7, 11) is 1.63. The first-order valence-electron chi connectivity index (χ1n) is 18.6. The molecule has 0 heterocycles. The maximum Gasteiger partial charge on any atom is 0.305 e. The van der Waals surface area contributed by atoms with E-state index in [1.165, 1.54) is 71.1 Å². The number of rotatable bonds is 27. The molecule has 1 aliphatic carbocycles. The Hall–Kier alpha value is -2.90. The third kappa shape index (κ3) is 19.2. The molecule has 1 N–H and O–H groups in total. The number of unbranched alkanes of at least 4 members (excludes halogenated alkanes) is 11. The molecule has 0 aliphatic heterocycles. The quantitative estimate of drug-likeness (QED) is 0.0567. The highest BCUT2D eigenvalue weighted by molar-refractivity contribution is 5.69. The molecule has 270 valence electrons. The molecular formula is C41H64O7. The monoisotopic (exact) mass is 668 g/mol. The summed E-state index contributed by atoms with van der Waals surface area (Å²) in [4.78, 5) is 23.9. The van der Waals surface area contributed by atoms with E-state index in [9.17, 15) is 14.7 Å². The van der Waals surface area contributed by atoms with E-state index >= 15 is 0 Å². The minimum atomic E-state index is -0.586. The van der Waals surface area contributed by atoms with E-state index in [2.05, 4.69) is 31.2 Å². The fourth-order valence-corrected chi connectivity index (χ4v) is 6.16. The second-order valence-corrected chi connectivity index (χ2v) is 13.0. The lowest BCUT2D eigenvalue weighted by Crippen LogP contribution is -2.25. The van der Waals surface area contributed by atoms with Crippen molar-refractivity contribution < 1.29 is 33.6 Å². The minimum Gasteiger partial charge on any atom is -0.491 e. The van der Waals surface area contributed by atoms with Gasteiger partial charge in [-0.15, -0.1) is 0 Å². The van der Waals surface area contributed by atoms with Crippen LogP contribution in [0.4, 0.5) is 0 Å². The molecule has 0 bridgehead atoms. The maximum absolute atomic E-state index is 12.2. The Morgan fingerprint density at radius 1 is 0.875 bits per heavy atom. The van der Waals surface area contributed by atoms with Gasteiger partial charge in [-0.25, -0.2) is 0 Å². The molecule has 0 amide bonds. The average molecular weight is 669 g/mol. The van der Waals surface area contributed by atoms with Crippen molar-refractivity contribution in [1.82, 2.24) is 0 Å². The molecule has 1 fully saturated rings. The number of para-hydroxylation sites is 1. The SMILES string of the molecule is CCCCCC/C=C/CCCCCCCCOC(=O)CCC/C=C\C[C@@H]1[C@@H](/C=C/[C@H](COc2ccccc2)OC)[C@H](OC(C)=O)C[C@@H]1O. The molecule has 1 aliphatic rings. The van der Waals surface area contributed by atoms with E-state index in [1.807, 2.05) is 42.5 Å². The first-order valence-corrected chi connectivity index (χ1v) is 18.6. The molecule has 0 aromatic heterocycles. The summed E-state index contributed by atoms with van der Waals surface area (Å²) in [5.41, 5.74) is 0. The van der Waals surface area contributed by atoms with Gasteiger partial charge in [-0.05, 0) is 69.4 Å². The summed E-state index contributed by atoms with van der Waals surface area (Å²) >= 11 is 0. The second kappa shape index (κ2) is 27.0. The molecule has 0 saturated heterocycles. The fourth-order valence-electron chi connectivity index (χ4n) is 6.16. The van der Waals surface area contributed by atoms with Crippen molar-refractivity contribution in [2.75, 3.05) is 20.3 Å². The Labute approximate surface area is 291 Å². The lowest BCUT2D eigenvalue weighted by Gasteiger charge is -2.22. The van der Waals surface area contributed by atoms with Crippen LogP contribution in [0.1, 0.15) is 123 Å². The Bertz CT molecular complexity index is 1050. The molecular weight excluding hydrogens is 604 g/mol. The van der Waals surface area contributed by atoms with Crippen LogP contribution in [0.3, 0.4) is 0 Å². The lowest BCUT2D eigenvalue weighted by atomic mass is 9.89. The van der Waals surface area contributed by atoms with Gasteiger partial charge in [0.2, 0.25) is 0 Å². The van der Waals surface area contributed by atoms with Crippen molar-refractivity contribution in [3.05, 3.63) is 66.8 Å². The van der Waals surface area contributed by atoms with Crippen molar-refractivity contribution in [2.24, 2.45) is 11.8 Å². The van der Waals surface area contributed by atoms with Crippen LogP contribution >= 0.6 is 0 Å². The molecule has 1 aromatic rings. The van der Waals surface area contributed by atoms with Crippen molar-refractivity contribution in [3.8, 4) is 5.75 Å². The van der Waals surface area contributed by atoms with Crippen LogP contribution < -0.4 is 4.74 Å². The van der Waals surface area contributed by atoms with Crippen molar-refractivity contribution in [3.63, 3.8) is 0 Å². The molecule has 5 atom stereocenters. The van der Waals surface area contributed by atoms with Gasteiger partial charge >= 0.3 is 11.9 Å².